The maximum absolute atomic E-state index is 11.3. The second-order valence-corrected chi connectivity index (χ2v) is 5.42. The Morgan fingerprint density at radius 1 is 1.36 bits per heavy atom. The van der Waals surface area contributed by atoms with E-state index >= 15 is 0 Å². The van der Waals surface area contributed by atoms with Crippen LogP contribution in [0.15, 0.2) is 12.2 Å². The molecule has 0 saturated heterocycles. The molecule has 0 aliphatic carbocycles. The minimum Gasteiger partial charge on any atom is -0.393 e. The standard InChI is InChI=1S/C7H14O3Si/c1-5-6-7(8)11(4,9-2)10-3/h5-6H,1-4H3/b6-5+. The molecule has 4 heteroatoms. The SMILES string of the molecule is C/C=C/C(=O)[Si](C)(OC)OC. The van der Waals surface area contributed by atoms with Crippen molar-refractivity contribution in [2.45, 2.75) is 13.5 Å². The van der Waals surface area contributed by atoms with Crippen molar-refractivity contribution in [3.8, 4) is 0 Å². The highest BCUT2D eigenvalue weighted by Gasteiger charge is 2.36. The third-order valence-electron chi connectivity index (χ3n) is 1.54. The molecule has 0 aromatic heterocycles. The second kappa shape index (κ2) is 4.43. The van der Waals surface area contributed by atoms with E-state index in [4.69, 9.17) is 8.85 Å². The molecule has 0 spiro atoms. The molecule has 0 aromatic rings. The lowest BCUT2D eigenvalue weighted by atomic mass is 10.6. The average Bonchev–Trinajstić information content (AvgIpc) is 2.03. The predicted molar refractivity (Wildman–Crippen MR) is 45.5 cm³/mol. The van der Waals surface area contributed by atoms with E-state index in [9.17, 15) is 4.79 Å². The van der Waals surface area contributed by atoms with Crippen LogP contribution in [0.5, 0.6) is 0 Å². The van der Waals surface area contributed by atoms with Gasteiger partial charge in [-0.25, -0.2) is 0 Å². The van der Waals surface area contributed by atoms with Crippen LogP contribution < -0.4 is 0 Å². The Kier molecular flexibility index (Phi) is 4.25. The minimum atomic E-state index is -2.55. The average molecular weight is 174 g/mol. The lowest BCUT2D eigenvalue weighted by Gasteiger charge is -2.18. The first kappa shape index (κ1) is 10.5. The molecule has 0 unspecified atom stereocenters. The lowest BCUT2D eigenvalue weighted by Crippen LogP contribution is -2.44. The number of hydrogen-bond donors (Lipinski definition) is 0. The van der Waals surface area contributed by atoms with Gasteiger partial charge in [-0.2, -0.15) is 0 Å². The summed E-state index contributed by atoms with van der Waals surface area (Å²) in [5, 5.41) is -0.0509. The molecular formula is C7H14O3Si. The quantitative estimate of drug-likeness (QED) is 0.472. The Balaban J connectivity index is 4.37. The highest BCUT2D eigenvalue weighted by atomic mass is 28.4. The van der Waals surface area contributed by atoms with Crippen molar-refractivity contribution in [1.29, 1.82) is 0 Å². The number of carbonyl (C=O) groups excluding carboxylic acids is 1. The molecule has 0 rings (SSSR count). The Morgan fingerprint density at radius 2 is 1.82 bits per heavy atom. The molecule has 0 radical (unpaired) electrons. The van der Waals surface area contributed by atoms with Crippen LogP contribution in [0.3, 0.4) is 0 Å². The van der Waals surface area contributed by atoms with Crippen LogP contribution >= 0.6 is 0 Å². The zero-order chi connectivity index (χ0) is 8.91. The number of allylic oxidation sites excluding steroid dienone is 2. The molecule has 0 N–H and O–H groups in total. The molecule has 0 aromatic carbocycles. The highest BCUT2D eigenvalue weighted by molar-refractivity contribution is 6.97. The lowest BCUT2D eigenvalue weighted by molar-refractivity contribution is -0.111. The maximum Gasteiger partial charge on any atom is 0.411 e. The van der Waals surface area contributed by atoms with Crippen LogP contribution in [0.25, 0.3) is 0 Å². The van der Waals surface area contributed by atoms with Crippen molar-refractivity contribution in [2.75, 3.05) is 14.2 Å². The van der Waals surface area contributed by atoms with Crippen molar-refractivity contribution >= 4 is 14.0 Å². The summed E-state index contributed by atoms with van der Waals surface area (Å²) in [6, 6.07) is 0. The van der Waals surface area contributed by atoms with E-state index in [0.29, 0.717) is 0 Å². The maximum atomic E-state index is 11.3. The first-order valence-electron chi connectivity index (χ1n) is 3.38. The third-order valence-corrected chi connectivity index (χ3v) is 4.16. The van der Waals surface area contributed by atoms with Crippen molar-refractivity contribution in [3.05, 3.63) is 12.2 Å². The first-order valence-corrected chi connectivity index (χ1v) is 5.69. The van der Waals surface area contributed by atoms with Gasteiger partial charge in [0.2, 0.25) is 0 Å². The molecule has 0 bridgehead atoms. The van der Waals surface area contributed by atoms with Gasteiger partial charge in [-0.05, 0) is 19.5 Å². The molecule has 0 atom stereocenters. The molecule has 0 aliphatic rings. The Morgan fingerprint density at radius 3 is 2.09 bits per heavy atom. The topological polar surface area (TPSA) is 35.5 Å². The van der Waals surface area contributed by atoms with Gasteiger partial charge in [0.05, 0.1) is 0 Å². The fraction of sp³-hybridized carbons (Fsp3) is 0.571. The third kappa shape index (κ3) is 2.57. The Bertz CT molecular complexity index is 161. The van der Waals surface area contributed by atoms with E-state index in [-0.39, 0.29) is 5.41 Å². The largest absolute Gasteiger partial charge is 0.411 e. The fourth-order valence-electron chi connectivity index (χ4n) is 0.587. The zero-order valence-corrected chi connectivity index (χ0v) is 8.38. The summed E-state index contributed by atoms with van der Waals surface area (Å²) in [5.74, 6) is 0. The van der Waals surface area contributed by atoms with E-state index in [0.717, 1.165) is 0 Å². The van der Waals surface area contributed by atoms with Crippen LogP contribution in [-0.2, 0) is 13.6 Å². The van der Waals surface area contributed by atoms with Gasteiger partial charge in [-0.3, -0.25) is 4.79 Å². The summed E-state index contributed by atoms with van der Waals surface area (Å²) >= 11 is 0. The molecule has 0 aliphatic heterocycles. The van der Waals surface area contributed by atoms with Gasteiger partial charge in [0.25, 0.3) is 0 Å². The highest BCUT2D eigenvalue weighted by Crippen LogP contribution is 2.05. The van der Waals surface area contributed by atoms with E-state index < -0.39 is 8.56 Å². The molecule has 0 amide bonds. The van der Waals surface area contributed by atoms with Crippen LogP contribution in [0, 0.1) is 0 Å². The summed E-state index contributed by atoms with van der Waals surface area (Å²) in [7, 11) is 0.447. The number of rotatable bonds is 4. The number of hydrogen-bond acceptors (Lipinski definition) is 3. The van der Waals surface area contributed by atoms with Crippen LogP contribution in [-0.4, -0.2) is 28.2 Å². The van der Waals surface area contributed by atoms with Gasteiger partial charge in [0.15, 0.2) is 5.41 Å². The fourth-order valence-corrected chi connectivity index (χ4v) is 1.63. The van der Waals surface area contributed by atoms with Gasteiger partial charge in [0.1, 0.15) is 0 Å². The van der Waals surface area contributed by atoms with Gasteiger partial charge in [0, 0.05) is 14.2 Å². The molecule has 11 heavy (non-hydrogen) atoms. The minimum absolute atomic E-state index is 0.0509. The van der Waals surface area contributed by atoms with Crippen LogP contribution in [0.4, 0.5) is 0 Å². The second-order valence-electron chi connectivity index (χ2n) is 2.22. The monoisotopic (exact) mass is 174 g/mol. The molecule has 0 fully saturated rings. The molecule has 64 valence electrons. The smallest absolute Gasteiger partial charge is 0.393 e. The molecule has 3 nitrogen and oxygen atoms in total. The molecule has 0 heterocycles. The van der Waals surface area contributed by atoms with Gasteiger partial charge in [-0.1, -0.05) is 6.08 Å². The van der Waals surface area contributed by atoms with Crippen molar-refractivity contribution in [2.24, 2.45) is 0 Å². The summed E-state index contributed by atoms with van der Waals surface area (Å²) < 4.78 is 10.0. The van der Waals surface area contributed by atoms with Crippen molar-refractivity contribution in [1.82, 2.24) is 0 Å². The Hall–Kier alpha value is -0.453. The van der Waals surface area contributed by atoms with Gasteiger partial charge < -0.3 is 8.85 Å². The first-order chi connectivity index (χ1) is 5.10. The van der Waals surface area contributed by atoms with Gasteiger partial charge in [-0.15, -0.1) is 0 Å². The van der Waals surface area contributed by atoms with Crippen LogP contribution in [0.2, 0.25) is 6.55 Å². The Labute approximate surface area is 68.3 Å². The molecular weight excluding hydrogens is 160 g/mol. The summed E-state index contributed by atoms with van der Waals surface area (Å²) in [4.78, 5) is 11.3. The zero-order valence-electron chi connectivity index (χ0n) is 7.38. The summed E-state index contributed by atoms with van der Waals surface area (Å²) in [6.45, 7) is 3.51. The normalized spacial score (nSPS) is 12.4. The van der Waals surface area contributed by atoms with Crippen LogP contribution in [0.1, 0.15) is 6.92 Å². The van der Waals surface area contributed by atoms with Crippen molar-refractivity contribution in [3.63, 3.8) is 0 Å². The van der Waals surface area contributed by atoms with Gasteiger partial charge >= 0.3 is 8.56 Å². The van der Waals surface area contributed by atoms with E-state index in [2.05, 4.69) is 0 Å². The number of carbonyl (C=O) groups is 1. The van der Waals surface area contributed by atoms with Crippen molar-refractivity contribution < 1.29 is 13.6 Å². The molecule has 0 saturated carbocycles. The van der Waals surface area contributed by atoms with E-state index in [1.807, 2.05) is 0 Å². The predicted octanol–water partition coefficient (Wildman–Crippen LogP) is 1.04. The van der Waals surface area contributed by atoms with E-state index in [1.165, 1.54) is 20.3 Å². The summed E-state index contributed by atoms with van der Waals surface area (Å²) in [5.41, 5.74) is 0. The summed E-state index contributed by atoms with van der Waals surface area (Å²) in [6.07, 6.45) is 3.17. The van der Waals surface area contributed by atoms with E-state index in [1.54, 1.807) is 19.5 Å².